The predicted octanol–water partition coefficient (Wildman–Crippen LogP) is 3.54. The third-order valence-electron chi connectivity index (χ3n) is 2.50. The molecular formula is C12H12F3N3. The molecule has 0 atom stereocenters. The van der Waals surface area contributed by atoms with E-state index in [1.807, 2.05) is 13.8 Å². The Hall–Kier alpha value is -1.85. The van der Waals surface area contributed by atoms with Crippen molar-refractivity contribution in [1.82, 2.24) is 14.8 Å². The molecule has 0 aliphatic heterocycles. The highest BCUT2D eigenvalue weighted by Crippen LogP contribution is 2.31. The monoisotopic (exact) mass is 255 g/mol. The third kappa shape index (κ3) is 2.52. The Balaban J connectivity index is 2.38. The van der Waals surface area contributed by atoms with E-state index < -0.39 is 11.7 Å². The van der Waals surface area contributed by atoms with Crippen LogP contribution in [0.3, 0.4) is 0 Å². The Morgan fingerprint density at radius 2 is 1.94 bits per heavy atom. The molecule has 2 rings (SSSR count). The van der Waals surface area contributed by atoms with Crippen LogP contribution in [0.25, 0.3) is 11.3 Å². The SMILES string of the molecule is CC(C)n1ccc(-c2cncc(C(F)(F)F)c2)n1. The molecule has 0 aliphatic carbocycles. The quantitative estimate of drug-likeness (QED) is 0.821. The van der Waals surface area contributed by atoms with Crippen LogP contribution in [0.1, 0.15) is 25.5 Å². The molecule has 2 aromatic rings. The first-order valence-electron chi connectivity index (χ1n) is 5.45. The lowest BCUT2D eigenvalue weighted by atomic mass is 10.1. The molecule has 0 aliphatic rings. The van der Waals surface area contributed by atoms with Gasteiger partial charge in [-0.05, 0) is 26.0 Å². The van der Waals surface area contributed by atoms with E-state index >= 15 is 0 Å². The summed E-state index contributed by atoms with van der Waals surface area (Å²) in [5.41, 5.74) is 0.0885. The second-order valence-electron chi connectivity index (χ2n) is 4.23. The van der Waals surface area contributed by atoms with Gasteiger partial charge in [0.1, 0.15) is 0 Å². The maximum atomic E-state index is 12.6. The smallest absolute Gasteiger partial charge is 0.270 e. The van der Waals surface area contributed by atoms with Crippen molar-refractivity contribution in [2.45, 2.75) is 26.1 Å². The highest BCUT2D eigenvalue weighted by Gasteiger charge is 2.31. The highest BCUT2D eigenvalue weighted by molar-refractivity contribution is 5.58. The maximum absolute atomic E-state index is 12.6. The van der Waals surface area contributed by atoms with Crippen LogP contribution in [0, 0.1) is 0 Å². The van der Waals surface area contributed by atoms with Gasteiger partial charge in [0.05, 0.1) is 11.3 Å². The van der Waals surface area contributed by atoms with Crippen LogP contribution in [0.15, 0.2) is 30.7 Å². The van der Waals surface area contributed by atoms with E-state index in [-0.39, 0.29) is 6.04 Å². The summed E-state index contributed by atoms with van der Waals surface area (Å²) in [6.45, 7) is 3.89. The standard InChI is InChI=1S/C12H12F3N3/c1-8(2)18-4-3-11(17-18)9-5-10(7-16-6-9)12(13,14)15/h3-8H,1-2H3. The van der Waals surface area contributed by atoms with Gasteiger partial charge in [0.2, 0.25) is 0 Å². The maximum Gasteiger partial charge on any atom is 0.417 e. The average Bonchev–Trinajstić information content (AvgIpc) is 2.77. The van der Waals surface area contributed by atoms with E-state index in [9.17, 15) is 13.2 Å². The summed E-state index contributed by atoms with van der Waals surface area (Å²) in [5, 5.41) is 4.21. The van der Waals surface area contributed by atoms with Crippen molar-refractivity contribution in [3.8, 4) is 11.3 Å². The van der Waals surface area contributed by atoms with E-state index in [1.54, 1.807) is 16.9 Å². The van der Waals surface area contributed by atoms with Gasteiger partial charge in [0.25, 0.3) is 0 Å². The molecule has 0 spiro atoms. The number of alkyl halides is 3. The lowest BCUT2D eigenvalue weighted by molar-refractivity contribution is -0.137. The fourth-order valence-electron chi connectivity index (χ4n) is 1.51. The second-order valence-corrected chi connectivity index (χ2v) is 4.23. The van der Waals surface area contributed by atoms with Crippen molar-refractivity contribution in [2.24, 2.45) is 0 Å². The Kier molecular flexibility index (Phi) is 3.11. The predicted molar refractivity (Wildman–Crippen MR) is 60.8 cm³/mol. The minimum absolute atomic E-state index is 0.164. The first-order valence-corrected chi connectivity index (χ1v) is 5.45. The Morgan fingerprint density at radius 3 is 2.50 bits per heavy atom. The number of aromatic nitrogens is 3. The topological polar surface area (TPSA) is 30.7 Å². The van der Waals surface area contributed by atoms with Crippen molar-refractivity contribution in [1.29, 1.82) is 0 Å². The van der Waals surface area contributed by atoms with Crippen LogP contribution in [0.2, 0.25) is 0 Å². The second kappa shape index (κ2) is 4.44. The Morgan fingerprint density at radius 1 is 1.22 bits per heavy atom. The van der Waals surface area contributed by atoms with Gasteiger partial charge in [-0.15, -0.1) is 0 Å². The molecule has 0 aromatic carbocycles. The molecule has 2 aromatic heterocycles. The number of rotatable bonds is 2. The zero-order chi connectivity index (χ0) is 13.3. The highest BCUT2D eigenvalue weighted by atomic mass is 19.4. The van der Waals surface area contributed by atoms with Crippen LogP contribution in [-0.2, 0) is 6.18 Å². The van der Waals surface area contributed by atoms with E-state index in [0.29, 0.717) is 11.3 Å². The third-order valence-corrected chi connectivity index (χ3v) is 2.50. The molecule has 18 heavy (non-hydrogen) atoms. The zero-order valence-electron chi connectivity index (χ0n) is 9.94. The Labute approximate surface area is 102 Å². The zero-order valence-corrected chi connectivity index (χ0v) is 9.94. The molecule has 0 saturated heterocycles. The van der Waals surface area contributed by atoms with Crippen LogP contribution in [0.5, 0.6) is 0 Å². The fraction of sp³-hybridized carbons (Fsp3) is 0.333. The van der Waals surface area contributed by atoms with E-state index in [0.717, 1.165) is 12.3 Å². The fourth-order valence-corrected chi connectivity index (χ4v) is 1.51. The molecule has 6 heteroatoms. The van der Waals surface area contributed by atoms with Gasteiger partial charge in [-0.2, -0.15) is 18.3 Å². The van der Waals surface area contributed by atoms with Gasteiger partial charge in [0.15, 0.2) is 0 Å². The van der Waals surface area contributed by atoms with Crippen LogP contribution in [-0.4, -0.2) is 14.8 Å². The van der Waals surface area contributed by atoms with Crippen molar-refractivity contribution < 1.29 is 13.2 Å². The van der Waals surface area contributed by atoms with Crippen LogP contribution < -0.4 is 0 Å². The molecule has 96 valence electrons. The van der Waals surface area contributed by atoms with Gasteiger partial charge in [-0.3, -0.25) is 9.67 Å². The van der Waals surface area contributed by atoms with Gasteiger partial charge < -0.3 is 0 Å². The summed E-state index contributed by atoms with van der Waals surface area (Å²) in [5.74, 6) is 0. The van der Waals surface area contributed by atoms with Gasteiger partial charge in [-0.25, -0.2) is 0 Å². The number of hydrogen-bond donors (Lipinski definition) is 0. The summed E-state index contributed by atoms with van der Waals surface area (Å²) < 4.78 is 39.3. The number of halogens is 3. The van der Waals surface area contributed by atoms with Gasteiger partial charge in [-0.1, -0.05) is 0 Å². The van der Waals surface area contributed by atoms with E-state index in [4.69, 9.17) is 0 Å². The molecule has 0 radical (unpaired) electrons. The largest absolute Gasteiger partial charge is 0.417 e. The molecule has 3 nitrogen and oxygen atoms in total. The van der Waals surface area contributed by atoms with Crippen molar-refractivity contribution in [3.05, 3.63) is 36.3 Å². The molecule has 0 N–H and O–H groups in total. The van der Waals surface area contributed by atoms with E-state index in [2.05, 4.69) is 10.1 Å². The van der Waals surface area contributed by atoms with Crippen molar-refractivity contribution in [3.63, 3.8) is 0 Å². The molecule has 0 unspecified atom stereocenters. The number of hydrogen-bond acceptors (Lipinski definition) is 2. The minimum Gasteiger partial charge on any atom is -0.270 e. The summed E-state index contributed by atoms with van der Waals surface area (Å²) in [7, 11) is 0. The van der Waals surface area contributed by atoms with Crippen LogP contribution >= 0.6 is 0 Å². The van der Waals surface area contributed by atoms with Gasteiger partial charge >= 0.3 is 6.18 Å². The summed E-state index contributed by atoms with van der Waals surface area (Å²) in [6, 6.07) is 2.90. The molecule has 0 saturated carbocycles. The van der Waals surface area contributed by atoms with Crippen molar-refractivity contribution in [2.75, 3.05) is 0 Å². The molecular weight excluding hydrogens is 243 g/mol. The molecule has 0 bridgehead atoms. The molecule has 2 heterocycles. The van der Waals surface area contributed by atoms with E-state index in [1.165, 1.54) is 6.20 Å². The van der Waals surface area contributed by atoms with Gasteiger partial charge in [0, 0.05) is 30.2 Å². The average molecular weight is 255 g/mol. The summed E-state index contributed by atoms with van der Waals surface area (Å²) >= 11 is 0. The molecule has 0 amide bonds. The molecule has 0 fully saturated rings. The first kappa shape index (κ1) is 12.6. The minimum atomic E-state index is -4.39. The number of nitrogens with zero attached hydrogens (tertiary/aromatic N) is 3. The van der Waals surface area contributed by atoms with Crippen LogP contribution in [0.4, 0.5) is 13.2 Å². The normalized spacial score (nSPS) is 12.1. The summed E-state index contributed by atoms with van der Waals surface area (Å²) in [6.07, 6.45) is -0.463. The lowest BCUT2D eigenvalue weighted by Crippen LogP contribution is -2.05. The van der Waals surface area contributed by atoms with Crippen molar-refractivity contribution >= 4 is 0 Å². The lowest BCUT2D eigenvalue weighted by Gasteiger charge is -2.07. The number of pyridine rings is 1. The Bertz CT molecular complexity index is 543. The first-order chi connectivity index (χ1) is 8.38. The summed E-state index contributed by atoms with van der Waals surface area (Å²) in [4.78, 5) is 3.61.